The smallest absolute Gasteiger partial charge is 0.335 e. The van der Waals surface area contributed by atoms with Crippen molar-refractivity contribution in [3.63, 3.8) is 0 Å². The van der Waals surface area contributed by atoms with Crippen LogP contribution in [0.4, 0.5) is 0 Å². The quantitative estimate of drug-likeness (QED) is 0.591. The molecule has 0 aromatic heterocycles. The van der Waals surface area contributed by atoms with E-state index >= 15 is 0 Å². The second-order valence-electron chi connectivity index (χ2n) is 2.78. The van der Waals surface area contributed by atoms with Gasteiger partial charge >= 0.3 is 8.56 Å². The average molecular weight is 148 g/mol. The summed E-state index contributed by atoms with van der Waals surface area (Å²) in [5.41, 5.74) is 0.0671. The van der Waals surface area contributed by atoms with Crippen molar-refractivity contribution in [1.82, 2.24) is 0 Å². The van der Waals surface area contributed by atoms with Crippen LogP contribution in [0.25, 0.3) is 0 Å². The van der Waals surface area contributed by atoms with E-state index in [9.17, 15) is 9.59 Å². The van der Waals surface area contributed by atoms with Crippen molar-refractivity contribution in [2.45, 2.75) is 38.8 Å². The van der Waals surface area contributed by atoms with Gasteiger partial charge in [-0.1, -0.05) is 27.2 Å². The molecule has 0 atom stereocenters. The van der Waals surface area contributed by atoms with Crippen molar-refractivity contribution >= 4 is 8.56 Å². The van der Waals surface area contributed by atoms with Crippen molar-refractivity contribution in [1.29, 1.82) is 0 Å². The standard InChI is InChI=1S/C6H16O2Si/c1-4-5-9(7,8)6(2)3/h6-8H,4-5H2,1-3H3. The molecule has 0 aromatic rings. The van der Waals surface area contributed by atoms with Crippen molar-refractivity contribution in [3.8, 4) is 0 Å². The van der Waals surface area contributed by atoms with E-state index in [1.54, 1.807) is 0 Å². The lowest BCUT2D eigenvalue weighted by Crippen LogP contribution is -2.37. The molecule has 3 heteroatoms. The second kappa shape index (κ2) is 3.34. The Balaban J connectivity index is 3.70. The fourth-order valence-electron chi connectivity index (χ4n) is 0.657. The van der Waals surface area contributed by atoms with Gasteiger partial charge in [0.15, 0.2) is 0 Å². The van der Waals surface area contributed by atoms with Gasteiger partial charge in [0, 0.05) is 0 Å². The average Bonchev–Trinajstić information content (AvgIpc) is 1.65. The monoisotopic (exact) mass is 148 g/mol. The second-order valence-corrected chi connectivity index (χ2v) is 6.20. The molecule has 0 unspecified atom stereocenters. The van der Waals surface area contributed by atoms with Crippen LogP contribution in [0, 0.1) is 0 Å². The Morgan fingerprint density at radius 1 is 1.33 bits per heavy atom. The zero-order valence-electron chi connectivity index (χ0n) is 6.39. The van der Waals surface area contributed by atoms with Gasteiger partial charge in [-0.3, -0.25) is 0 Å². The Hall–Kier alpha value is 0.137. The Morgan fingerprint density at radius 2 is 1.78 bits per heavy atom. The predicted octanol–water partition coefficient (Wildman–Crippen LogP) is 1.23. The highest BCUT2D eigenvalue weighted by Gasteiger charge is 2.31. The van der Waals surface area contributed by atoms with Crippen molar-refractivity contribution < 1.29 is 9.59 Å². The van der Waals surface area contributed by atoms with Crippen LogP contribution in [0.3, 0.4) is 0 Å². The molecule has 2 nitrogen and oxygen atoms in total. The maximum Gasteiger partial charge on any atom is 0.335 e. The third kappa shape index (κ3) is 2.98. The largest absolute Gasteiger partial charge is 0.410 e. The zero-order chi connectivity index (χ0) is 7.49. The molecule has 0 heterocycles. The Bertz CT molecular complexity index is 81.1. The molecule has 0 aliphatic carbocycles. The Morgan fingerprint density at radius 3 is 1.89 bits per heavy atom. The van der Waals surface area contributed by atoms with E-state index in [0.29, 0.717) is 6.04 Å². The molecule has 0 aliphatic rings. The molecule has 0 radical (unpaired) electrons. The summed E-state index contributed by atoms with van der Waals surface area (Å²) >= 11 is 0. The van der Waals surface area contributed by atoms with Crippen LogP contribution in [0.1, 0.15) is 27.2 Å². The molecule has 2 N–H and O–H groups in total. The lowest BCUT2D eigenvalue weighted by atomic mass is 10.6. The van der Waals surface area contributed by atoms with Crippen molar-refractivity contribution in [3.05, 3.63) is 0 Å². The molecular formula is C6H16O2Si. The fourth-order valence-corrected chi connectivity index (χ4v) is 1.97. The van der Waals surface area contributed by atoms with Gasteiger partial charge in [0.1, 0.15) is 0 Å². The summed E-state index contributed by atoms with van der Waals surface area (Å²) in [6.07, 6.45) is 0.872. The third-order valence-corrected chi connectivity index (χ3v) is 4.63. The maximum atomic E-state index is 9.29. The summed E-state index contributed by atoms with van der Waals surface area (Å²) in [5.74, 6) is 0. The van der Waals surface area contributed by atoms with Gasteiger partial charge in [0.05, 0.1) is 0 Å². The van der Waals surface area contributed by atoms with Crippen LogP contribution in [-0.2, 0) is 0 Å². The summed E-state index contributed by atoms with van der Waals surface area (Å²) < 4.78 is 0. The van der Waals surface area contributed by atoms with Crippen LogP contribution in [0.15, 0.2) is 0 Å². The minimum Gasteiger partial charge on any atom is -0.410 e. The summed E-state index contributed by atoms with van der Waals surface area (Å²) in [6, 6.07) is 0.602. The van der Waals surface area contributed by atoms with E-state index in [0.717, 1.165) is 6.42 Å². The SMILES string of the molecule is CCC[Si](O)(O)C(C)C. The van der Waals surface area contributed by atoms with E-state index in [2.05, 4.69) is 0 Å². The van der Waals surface area contributed by atoms with E-state index in [4.69, 9.17) is 0 Å². The summed E-state index contributed by atoms with van der Waals surface area (Å²) in [6.45, 7) is 5.69. The molecule has 0 amide bonds. The first-order valence-corrected chi connectivity index (χ1v) is 5.63. The normalized spacial score (nSPS) is 12.7. The van der Waals surface area contributed by atoms with Crippen LogP contribution in [0.2, 0.25) is 11.6 Å². The van der Waals surface area contributed by atoms with Crippen LogP contribution in [0.5, 0.6) is 0 Å². The summed E-state index contributed by atoms with van der Waals surface area (Å²) in [7, 11) is -2.78. The minimum absolute atomic E-state index is 0.0671. The molecule has 0 saturated heterocycles. The van der Waals surface area contributed by atoms with Crippen molar-refractivity contribution in [2.75, 3.05) is 0 Å². The molecule has 9 heavy (non-hydrogen) atoms. The third-order valence-electron chi connectivity index (χ3n) is 1.54. The van der Waals surface area contributed by atoms with Gasteiger partial charge in [-0.2, -0.15) is 0 Å². The first kappa shape index (κ1) is 9.14. The fraction of sp³-hybridized carbons (Fsp3) is 1.00. The van der Waals surface area contributed by atoms with E-state index in [1.165, 1.54) is 0 Å². The van der Waals surface area contributed by atoms with E-state index in [-0.39, 0.29) is 5.54 Å². The van der Waals surface area contributed by atoms with Crippen LogP contribution >= 0.6 is 0 Å². The van der Waals surface area contributed by atoms with Crippen LogP contribution < -0.4 is 0 Å². The highest BCUT2D eigenvalue weighted by atomic mass is 28.4. The van der Waals surface area contributed by atoms with E-state index in [1.807, 2.05) is 20.8 Å². The molecule has 56 valence electrons. The molecule has 0 rings (SSSR count). The highest BCUT2D eigenvalue weighted by Crippen LogP contribution is 2.19. The highest BCUT2D eigenvalue weighted by molar-refractivity contribution is 6.66. The lowest BCUT2D eigenvalue weighted by molar-refractivity contribution is 0.343. The molecule has 0 aromatic carbocycles. The van der Waals surface area contributed by atoms with E-state index < -0.39 is 8.56 Å². The van der Waals surface area contributed by atoms with Gasteiger partial charge in [-0.25, -0.2) is 0 Å². The molecular weight excluding hydrogens is 132 g/mol. The van der Waals surface area contributed by atoms with Gasteiger partial charge in [0.25, 0.3) is 0 Å². The zero-order valence-corrected chi connectivity index (χ0v) is 7.39. The van der Waals surface area contributed by atoms with Crippen molar-refractivity contribution in [2.24, 2.45) is 0 Å². The minimum atomic E-state index is -2.78. The van der Waals surface area contributed by atoms with Gasteiger partial charge < -0.3 is 9.59 Å². The number of hydrogen-bond acceptors (Lipinski definition) is 2. The number of rotatable bonds is 3. The summed E-state index contributed by atoms with van der Waals surface area (Å²) in [5, 5.41) is 0. The van der Waals surface area contributed by atoms with Gasteiger partial charge in [-0.15, -0.1) is 0 Å². The first-order valence-electron chi connectivity index (χ1n) is 3.45. The molecule has 0 saturated carbocycles. The first-order chi connectivity index (χ1) is 4.00. The molecule has 0 spiro atoms. The molecule has 0 aliphatic heterocycles. The Labute approximate surface area is 57.8 Å². The topological polar surface area (TPSA) is 40.5 Å². The molecule has 0 fully saturated rings. The van der Waals surface area contributed by atoms with Gasteiger partial charge in [0.2, 0.25) is 0 Å². The lowest BCUT2D eigenvalue weighted by Gasteiger charge is -2.20. The molecule has 0 bridgehead atoms. The Kier molecular flexibility index (Phi) is 3.39. The predicted molar refractivity (Wildman–Crippen MR) is 40.4 cm³/mol. The number of hydrogen-bond donors (Lipinski definition) is 2. The maximum absolute atomic E-state index is 9.29. The summed E-state index contributed by atoms with van der Waals surface area (Å²) in [4.78, 5) is 18.6. The van der Waals surface area contributed by atoms with Gasteiger partial charge in [-0.05, 0) is 11.6 Å². The van der Waals surface area contributed by atoms with Crippen LogP contribution in [-0.4, -0.2) is 18.2 Å².